The van der Waals surface area contributed by atoms with Crippen molar-refractivity contribution in [2.45, 2.75) is 13.0 Å². The van der Waals surface area contributed by atoms with Crippen molar-refractivity contribution in [3.8, 4) is 0 Å². The third-order valence-electron chi connectivity index (χ3n) is 2.76. The minimum atomic E-state index is -1.49. The van der Waals surface area contributed by atoms with E-state index in [2.05, 4.69) is 15.4 Å². The second-order valence-corrected chi connectivity index (χ2v) is 4.16. The third kappa shape index (κ3) is 3.02. The fraction of sp³-hybridized carbons (Fsp3) is 0.167. The Hall–Kier alpha value is -2.84. The molecule has 0 bridgehead atoms. The zero-order valence-corrected chi connectivity index (χ0v) is 10.7. The molecule has 7 nitrogen and oxygen atoms in total. The number of carbonyl (C=O) groups is 2. The van der Waals surface area contributed by atoms with E-state index in [4.69, 9.17) is 5.11 Å². The molecule has 2 aromatic rings. The van der Waals surface area contributed by atoms with Crippen LogP contribution in [0.1, 0.15) is 23.3 Å². The number of carboxylic acid groups (broad SMARTS) is 1. The molecular weight excluding hydrogens is 286 g/mol. The van der Waals surface area contributed by atoms with Gasteiger partial charge in [-0.05, 0) is 13.0 Å². The standard InChI is InChI=1S/C12H10F2N4O3/c1-6(18-5-15-4-16-18)11(19)17-10-3-9(14)8(13)2-7(10)12(20)21/h2-6H,1H3,(H,17,19)(H,20,21). The van der Waals surface area contributed by atoms with E-state index < -0.39 is 35.1 Å². The van der Waals surface area contributed by atoms with Gasteiger partial charge in [-0.3, -0.25) is 4.79 Å². The van der Waals surface area contributed by atoms with Gasteiger partial charge in [-0.2, -0.15) is 5.10 Å². The minimum absolute atomic E-state index is 0.335. The first-order valence-electron chi connectivity index (χ1n) is 5.77. The number of hydrogen-bond donors (Lipinski definition) is 2. The molecule has 1 heterocycles. The number of anilines is 1. The van der Waals surface area contributed by atoms with E-state index in [1.807, 2.05) is 0 Å². The smallest absolute Gasteiger partial charge is 0.337 e. The molecule has 0 saturated heterocycles. The van der Waals surface area contributed by atoms with E-state index in [-0.39, 0.29) is 5.69 Å². The minimum Gasteiger partial charge on any atom is -0.478 e. The monoisotopic (exact) mass is 296 g/mol. The fourth-order valence-corrected chi connectivity index (χ4v) is 1.60. The molecule has 21 heavy (non-hydrogen) atoms. The molecule has 1 aromatic heterocycles. The van der Waals surface area contributed by atoms with Crippen LogP contribution in [-0.4, -0.2) is 31.7 Å². The summed E-state index contributed by atoms with van der Waals surface area (Å²) in [6.45, 7) is 1.49. The van der Waals surface area contributed by atoms with Crippen LogP contribution in [0.4, 0.5) is 14.5 Å². The van der Waals surface area contributed by atoms with Crippen LogP contribution in [0.2, 0.25) is 0 Å². The van der Waals surface area contributed by atoms with Gasteiger partial charge in [-0.1, -0.05) is 0 Å². The number of hydrogen-bond acceptors (Lipinski definition) is 4. The Bertz CT molecular complexity index is 688. The average molecular weight is 296 g/mol. The van der Waals surface area contributed by atoms with Gasteiger partial charge in [0.1, 0.15) is 18.7 Å². The highest BCUT2D eigenvalue weighted by molar-refractivity contribution is 6.01. The van der Waals surface area contributed by atoms with E-state index in [9.17, 15) is 18.4 Å². The van der Waals surface area contributed by atoms with Gasteiger partial charge >= 0.3 is 5.97 Å². The average Bonchev–Trinajstić information content (AvgIpc) is 2.95. The molecule has 1 unspecified atom stereocenters. The molecule has 0 radical (unpaired) electrons. The van der Waals surface area contributed by atoms with Gasteiger partial charge in [0.2, 0.25) is 5.91 Å². The molecule has 1 atom stereocenters. The fourth-order valence-electron chi connectivity index (χ4n) is 1.60. The summed E-state index contributed by atoms with van der Waals surface area (Å²) >= 11 is 0. The number of halogens is 2. The number of nitrogens with zero attached hydrogens (tertiary/aromatic N) is 3. The summed E-state index contributed by atoms with van der Waals surface area (Å²) in [4.78, 5) is 26.6. The van der Waals surface area contributed by atoms with E-state index >= 15 is 0 Å². The maximum Gasteiger partial charge on any atom is 0.337 e. The number of aromatic carboxylic acids is 1. The number of carbonyl (C=O) groups excluding carboxylic acids is 1. The van der Waals surface area contributed by atoms with Crippen molar-refractivity contribution < 1.29 is 23.5 Å². The summed E-state index contributed by atoms with van der Waals surface area (Å²) in [6.07, 6.45) is 2.53. The molecule has 0 aliphatic heterocycles. The van der Waals surface area contributed by atoms with Crippen LogP contribution < -0.4 is 5.32 Å². The summed E-state index contributed by atoms with van der Waals surface area (Å²) < 4.78 is 27.5. The van der Waals surface area contributed by atoms with Crippen molar-refractivity contribution >= 4 is 17.6 Å². The first kappa shape index (κ1) is 14.6. The highest BCUT2D eigenvalue weighted by Gasteiger charge is 2.21. The molecular formula is C12H10F2N4O3. The number of nitrogens with one attached hydrogen (secondary N) is 1. The first-order valence-corrected chi connectivity index (χ1v) is 5.77. The van der Waals surface area contributed by atoms with Crippen LogP contribution in [-0.2, 0) is 4.79 Å². The topological polar surface area (TPSA) is 97.1 Å². The van der Waals surface area contributed by atoms with Crippen molar-refractivity contribution in [1.29, 1.82) is 0 Å². The lowest BCUT2D eigenvalue weighted by molar-refractivity contribution is -0.119. The Morgan fingerprint density at radius 3 is 2.57 bits per heavy atom. The van der Waals surface area contributed by atoms with Crippen molar-refractivity contribution in [2.75, 3.05) is 5.32 Å². The van der Waals surface area contributed by atoms with Gasteiger partial charge in [-0.25, -0.2) is 23.2 Å². The maximum atomic E-state index is 13.2. The van der Waals surface area contributed by atoms with Crippen molar-refractivity contribution in [2.24, 2.45) is 0 Å². The van der Waals surface area contributed by atoms with E-state index in [1.54, 1.807) is 0 Å². The van der Waals surface area contributed by atoms with Crippen LogP contribution >= 0.6 is 0 Å². The Kier molecular flexibility index (Phi) is 3.92. The van der Waals surface area contributed by atoms with E-state index in [0.717, 1.165) is 0 Å². The van der Waals surface area contributed by atoms with Gasteiger partial charge in [-0.15, -0.1) is 0 Å². The molecule has 0 saturated carbocycles. The lowest BCUT2D eigenvalue weighted by atomic mass is 10.1. The van der Waals surface area contributed by atoms with Gasteiger partial charge < -0.3 is 10.4 Å². The molecule has 1 amide bonds. The van der Waals surface area contributed by atoms with Gasteiger partial charge in [0.05, 0.1) is 11.3 Å². The lowest BCUT2D eigenvalue weighted by Gasteiger charge is -2.13. The predicted octanol–water partition coefficient (Wildman–Crippen LogP) is 1.45. The second kappa shape index (κ2) is 5.65. The zero-order valence-electron chi connectivity index (χ0n) is 10.7. The number of aromatic nitrogens is 3. The lowest BCUT2D eigenvalue weighted by Crippen LogP contribution is -2.25. The molecule has 9 heteroatoms. The van der Waals surface area contributed by atoms with Crippen LogP contribution in [0.25, 0.3) is 0 Å². The second-order valence-electron chi connectivity index (χ2n) is 4.16. The highest BCUT2D eigenvalue weighted by atomic mass is 19.2. The third-order valence-corrected chi connectivity index (χ3v) is 2.76. The number of carboxylic acids is 1. The maximum absolute atomic E-state index is 13.2. The van der Waals surface area contributed by atoms with Gasteiger partial charge in [0.15, 0.2) is 11.6 Å². The first-order chi connectivity index (χ1) is 9.90. The van der Waals surface area contributed by atoms with Crippen LogP contribution in [0.5, 0.6) is 0 Å². The molecule has 0 spiro atoms. The number of amides is 1. The highest BCUT2D eigenvalue weighted by Crippen LogP contribution is 2.21. The Morgan fingerprint density at radius 2 is 2.00 bits per heavy atom. The number of rotatable bonds is 4. The molecule has 1 aromatic carbocycles. The molecule has 2 N–H and O–H groups in total. The summed E-state index contributed by atoms with van der Waals surface area (Å²) in [5.41, 5.74) is -0.883. The summed E-state index contributed by atoms with van der Waals surface area (Å²) in [6, 6.07) is 0.320. The van der Waals surface area contributed by atoms with Gasteiger partial charge in [0.25, 0.3) is 0 Å². The summed E-state index contributed by atoms with van der Waals surface area (Å²) in [5, 5.41) is 14.9. The molecule has 110 valence electrons. The van der Waals surface area contributed by atoms with Crippen molar-refractivity contribution in [3.63, 3.8) is 0 Å². The normalized spacial score (nSPS) is 12.0. The largest absolute Gasteiger partial charge is 0.478 e. The van der Waals surface area contributed by atoms with Crippen LogP contribution in [0, 0.1) is 11.6 Å². The van der Waals surface area contributed by atoms with Crippen LogP contribution in [0.3, 0.4) is 0 Å². The summed E-state index contributed by atoms with van der Waals surface area (Å²) in [7, 11) is 0. The van der Waals surface area contributed by atoms with E-state index in [1.165, 1.54) is 24.3 Å². The quantitative estimate of drug-likeness (QED) is 0.890. The van der Waals surface area contributed by atoms with Crippen LogP contribution in [0.15, 0.2) is 24.8 Å². The Morgan fingerprint density at radius 1 is 1.33 bits per heavy atom. The van der Waals surface area contributed by atoms with Gasteiger partial charge in [0, 0.05) is 6.07 Å². The number of benzene rings is 1. The predicted molar refractivity (Wildman–Crippen MR) is 66.7 cm³/mol. The van der Waals surface area contributed by atoms with E-state index in [0.29, 0.717) is 12.1 Å². The van der Waals surface area contributed by atoms with Crippen molar-refractivity contribution in [3.05, 3.63) is 42.0 Å². The van der Waals surface area contributed by atoms with Crippen molar-refractivity contribution in [1.82, 2.24) is 14.8 Å². The molecule has 2 rings (SSSR count). The Balaban J connectivity index is 2.28. The SMILES string of the molecule is CC(C(=O)Nc1cc(F)c(F)cc1C(=O)O)n1cncn1. The molecule has 0 aliphatic carbocycles. The molecule has 0 fully saturated rings. The Labute approximate surface area is 117 Å². The zero-order chi connectivity index (χ0) is 15.6. The molecule has 0 aliphatic rings. The summed E-state index contributed by atoms with van der Waals surface area (Å²) in [5.74, 6) is -4.70.